The molecule has 0 saturated carbocycles. The zero-order chi connectivity index (χ0) is 20.8. The lowest BCUT2D eigenvalue weighted by atomic mass is 10.1. The largest absolute Gasteiger partial charge is 0.337 e. The number of hydrogen-bond donors (Lipinski definition) is 0. The zero-order valence-corrected chi connectivity index (χ0v) is 16.5. The summed E-state index contributed by atoms with van der Waals surface area (Å²) in [6.07, 6.45) is 0. The predicted molar refractivity (Wildman–Crippen MR) is 106 cm³/mol. The maximum absolute atomic E-state index is 13.0. The van der Waals surface area contributed by atoms with Crippen molar-refractivity contribution in [1.82, 2.24) is 15.1 Å². The SMILES string of the molecule is Cc1ccc(-c2noc(CN3N=N[C@@H]4C(=O)N(c5cccc(Cl)c5)C(=O)[C@@H]43)n2)cc1. The second-order valence-corrected chi connectivity index (χ2v) is 7.50. The lowest BCUT2D eigenvalue weighted by Crippen LogP contribution is -2.39. The summed E-state index contributed by atoms with van der Waals surface area (Å²) in [4.78, 5) is 31.2. The summed E-state index contributed by atoms with van der Waals surface area (Å²) in [5.74, 6) is -0.154. The quantitative estimate of drug-likeness (QED) is 0.598. The third kappa shape index (κ3) is 3.03. The van der Waals surface area contributed by atoms with Gasteiger partial charge in [-0.25, -0.2) is 4.90 Å². The van der Waals surface area contributed by atoms with E-state index in [9.17, 15) is 9.59 Å². The molecule has 2 aromatic carbocycles. The summed E-state index contributed by atoms with van der Waals surface area (Å²) in [5.41, 5.74) is 2.34. The van der Waals surface area contributed by atoms with Crippen LogP contribution in [0.5, 0.6) is 0 Å². The molecule has 2 amide bonds. The first-order valence-corrected chi connectivity index (χ1v) is 9.59. The van der Waals surface area contributed by atoms with Crippen LogP contribution in [-0.4, -0.2) is 39.0 Å². The Bertz CT molecular complexity index is 1180. The third-order valence-electron chi connectivity index (χ3n) is 5.00. The molecule has 0 spiro atoms. The molecule has 0 unspecified atom stereocenters. The van der Waals surface area contributed by atoms with Gasteiger partial charge in [-0.3, -0.25) is 14.6 Å². The Morgan fingerprint density at radius 1 is 1.10 bits per heavy atom. The van der Waals surface area contributed by atoms with Crippen LogP contribution in [0, 0.1) is 6.92 Å². The number of benzene rings is 2. The molecule has 2 aliphatic heterocycles. The number of fused-ring (bicyclic) bond motifs is 1. The summed E-state index contributed by atoms with van der Waals surface area (Å²) >= 11 is 6.01. The Labute approximate surface area is 175 Å². The molecule has 1 aromatic heterocycles. The van der Waals surface area contributed by atoms with Crippen molar-refractivity contribution >= 4 is 29.1 Å². The zero-order valence-electron chi connectivity index (χ0n) is 15.8. The van der Waals surface area contributed by atoms with Gasteiger partial charge in [0.25, 0.3) is 11.8 Å². The van der Waals surface area contributed by atoms with Crippen molar-refractivity contribution in [2.45, 2.75) is 25.6 Å². The second kappa shape index (κ2) is 7.03. The van der Waals surface area contributed by atoms with Crippen LogP contribution in [0.2, 0.25) is 5.02 Å². The van der Waals surface area contributed by atoms with Crippen LogP contribution in [0.4, 0.5) is 5.69 Å². The number of imide groups is 1. The number of carbonyl (C=O) groups excluding carboxylic acids is 2. The standard InChI is InChI=1S/C20H15ClN6O3/c1-11-5-7-12(8-6-11)18-22-15(30-24-18)10-26-17-16(23-25-26)19(28)27(20(17)29)14-4-2-3-13(21)9-14/h2-9,16-17H,10H2,1H3/t16-,17+/m0/s1. The lowest BCUT2D eigenvalue weighted by molar-refractivity contribution is -0.123. The average Bonchev–Trinajstić information content (AvgIpc) is 3.41. The smallest absolute Gasteiger partial charge is 0.263 e. The Morgan fingerprint density at radius 2 is 1.90 bits per heavy atom. The van der Waals surface area contributed by atoms with E-state index in [4.69, 9.17) is 16.1 Å². The van der Waals surface area contributed by atoms with Crippen molar-refractivity contribution in [3.05, 3.63) is 65.0 Å². The van der Waals surface area contributed by atoms with E-state index in [-0.39, 0.29) is 12.4 Å². The summed E-state index contributed by atoms with van der Waals surface area (Å²) in [5, 5.41) is 13.8. The molecule has 150 valence electrons. The maximum atomic E-state index is 13.0. The van der Waals surface area contributed by atoms with Gasteiger partial charge in [0.2, 0.25) is 11.7 Å². The summed E-state index contributed by atoms with van der Waals surface area (Å²) in [6, 6.07) is 12.5. The van der Waals surface area contributed by atoms with Crippen LogP contribution in [0.1, 0.15) is 11.5 Å². The number of aromatic nitrogens is 2. The summed E-state index contributed by atoms with van der Waals surface area (Å²) < 4.78 is 5.32. The number of carbonyl (C=O) groups is 2. The molecule has 1 saturated heterocycles. The first-order chi connectivity index (χ1) is 14.5. The Kier molecular flexibility index (Phi) is 4.32. The van der Waals surface area contributed by atoms with Crippen molar-refractivity contribution in [2.24, 2.45) is 10.3 Å². The molecule has 5 rings (SSSR count). The highest BCUT2D eigenvalue weighted by Crippen LogP contribution is 2.33. The van der Waals surface area contributed by atoms with Gasteiger partial charge in [0.15, 0.2) is 12.1 Å². The number of amides is 2. The molecule has 30 heavy (non-hydrogen) atoms. The highest BCUT2D eigenvalue weighted by molar-refractivity contribution is 6.31. The Hall–Kier alpha value is -3.59. The van der Waals surface area contributed by atoms with Gasteiger partial charge in [-0.15, -0.1) is 0 Å². The monoisotopic (exact) mass is 422 g/mol. The lowest BCUT2D eigenvalue weighted by Gasteiger charge is -2.19. The first-order valence-electron chi connectivity index (χ1n) is 9.22. The van der Waals surface area contributed by atoms with Gasteiger partial charge in [0.1, 0.15) is 6.54 Å². The van der Waals surface area contributed by atoms with Crippen LogP contribution in [0.15, 0.2) is 63.4 Å². The van der Waals surface area contributed by atoms with Crippen molar-refractivity contribution in [3.8, 4) is 11.4 Å². The molecule has 2 atom stereocenters. The van der Waals surface area contributed by atoms with Gasteiger partial charge in [-0.05, 0) is 25.1 Å². The fourth-order valence-electron chi connectivity index (χ4n) is 3.50. The van der Waals surface area contributed by atoms with Crippen LogP contribution >= 0.6 is 11.6 Å². The van der Waals surface area contributed by atoms with Crippen LogP contribution in [-0.2, 0) is 16.1 Å². The molecule has 2 aliphatic rings. The predicted octanol–water partition coefficient (Wildman–Crippen LogP) is 3.19. The van der Waals surface area contributed by atoms with Crippen molar-refractivity contribution in [1.29, 1.82) is 0 Å². The molecule has 0 N–H and O–H groups in total. The average molecular weight is 423 g/mol. The third-order valence-corrected chi connectivity index (χ3v) is 5.23. The van der Waals surface area contributed by atoms with E-state index in [0.29, 0.717) is 16.5 Å². The molecule has 0 bridgehead atoms. The molecule has 9 nitrogen and oxygen atoms in total. The number of hydrogen-bond acceptors (Lipinski definition) is 8. The van der Waals surface area contributed by atoms with Gasteiger partial charge < -0.3 is 4.52 Å². The second-order valence-electron chi connectivity index (χ2n) is 7.06. The molecule has 3 heterocycles. The Balaban J connectivity index is 1.36. The topological polar surface area (TPSA) is 104 Å². The van der Waals surface area contributed by atoms with Gasteiger partial charge >= 0.3 is 0 Å². The molecule has 0 radical (unpaired) electrons. The van der Waals surface area contributed by atoms with Crippen molar-refractivity contribution < 1.29 is 14.1 Å². The van der Waals surface area contributed by atoms with Crippen LogP contribution in [0.3, 0.4) is 0 Å². The number of nitrogens with zero attached hydrogens (tertiary/aromatic N) is 6. The van der Waals surface area contributed by atoms with Gasteiger partial charge in [0, 0.05) is 10.6 Å². The highest BCUT2D eigenvalue weighted by Gasteiger charge is 2.55. The van der Waals surface area contributed by atoms with E-state index in [2.05, 4.69) is 20.5 Å². The molecule has 3 aromatic rings. The van der Waals surface area contributed by atoms with E-state index in [1.807, 2.05) is 31.2 Å². The fourth-order valence-corrected chi connectivity index (χ4v) is 3.69. The number of halogens is 1. The molecule has 0 aliphatic carbocycles. The van der Waals surface area contributed by atoms with Crippen molar-refractivity contribution in [2.75, 3.05) is 4.90 Å². The minimum atomic E-state index is -0.907. The molecule has 10 heteroatoms. The maximum Gasteiger partial charge on any atom is 0.263 e. The van der Waals surface area contributed by atoms with Crippen LogP contribution in [0.25, 0.3) is 11.4 Å². The van der Waals surface area contributed by atoms with E-state index in [0.717, 1.165) is 16.0 Å². The van der Waals surface area contributed by atoms with E-state index in [1.54, 1.807) is 24.3 Å². The number of rotatable bonds is 4. The van der Waals surface area contributed by atoms with E-state index >= 15 is 0 Å². The molecular formula is C20H15ClN6O3. The minimum Gasteiger partial charge on any atom is -0.337 e. The first kappa shape index (κ1) is 18.4. The Morgan fingerprint density at radius 3 is 2.67 bits per heavy atom. The van der Waals surface area contributed by atoms with Gasteiger partial charge in [0.05, 0.1) is 5.69 Å². The van der Waals surface area contributed by atoms with E-state index < -0.39 is 23.9 Å². The highest BCUT2D eigenvalue weighted by atomic mass is 35.5. The number of anilines is 1. The number of aryl methyl sites for hydroxylation is 1. The molecule has 1 fully saturated rings. The fraction of sp³-hybridized carbons (Fsp3) is 0.200. The van der Waals surface area contributed by atoms with Gasteiger partial charge in [-0.1, -0.05) is 57.9 Å². The summed E-state index contributed by atoms with van der Waals surface area (Å²) in [6.45, 7) is 2.05. The normalized spacial score (nSPS) is 20.3. The van der Waals surface area contributed by atoms with Crippen molar-refractivity contribution in [3.63, 3.8) is 0 Å². The summed E-state index contributed by atoms with van der Waals surface area (Å²) in [7, 11) is 0. The van der Waals surface area contributed by atoms with Crippen LogP contribution < -0.4 is 4.90 Å². The molecular weight excluding hydrogens is 408 g/mol. The minimum absolute atomic E-state index is 0.0614. The van der Waals surface area contributed by atoms with Gasteiger partial charge in [-0.2, -0.15) is 10.1 Å². The van der Waals surface area contributed by atoms with E-state index in [1.165, 1.54) is 5.01 Å².